The van der Waals surface area contributed by atoms with Crippen LogP contribution in [0.4, 0.5) is 0 Å². The molecule has 0 radical (unpaired) electrons. The minimum absolute atomic E-state index is 0.0127. The molecule has 0 aromatic carbocycles. The van der Waals surface area contributed by atoms with Crippen LogP contribution in [-0.4, -0.2) is 43.2 Å². The van der Waals surface area contributed by atoms with Crippen LogP contribution in [0.1, 0.15) is 26.2 Å². The summed E-state index contributed by atoms with van der Waals surface area (Å²) < 4.78 is 2.93. The molecule has 3 rings (SSSR count). The van der Waals surface area contributed by atoms with Gasteiger partial charge in [-0.3, -0.25) is 18.8 Å². The summed E-state index contributed by atoms with van der Waals surface area (Å²) in [4.78, 5) is 30.9. The van der Waals surface area contributed by atoms with E-state index in [2.05, 4.69) is 17.0 Å². The summed E-state index contributed by atoms with van der Waals surface area (Å²) in [5.74, 6) is 0.648. The maximum atomic E-state index is 12.4. The monoisotopic (exact) mass is 303 g/mol. The molecule has 7 nitrogen and oxygen atoms in total. The van der Waals surface area contributed by atoms with Gasteiger partial charge in [0.25, 0.3) is 5.56 Å². The molecule has 7 heteroatoms. The van der Waals surface area contributed by atoms with Gasteiger partial charge in [-0.15, -0.1) is 0 Å². The van der Waals surface area contributed by atoms with E-state index in [0.29, 0.717) is 17.0 Å². The number of carbonyl (C=O) groups is 1. The highest BCUT2D eigenvalue weighted by Crippen LogP contribution is 2.16. The van der Waals surface area contributed by atoms with E-state index in [1.165, 1.54) is 17.1 Å². The molecule has 2 aromatic heterocycles. The molecular weight excluding hydrogens is 282 g/mol. The zero-order valence-corrected chi connectivity index (χ0v) is 13.0. The van der Waals surface area contributed by atoms with Crippen molar-refractivity contribution in [1.29, 1.82) is 0 Å². The SMILES string of the molecule is CC1CCCN(C(=O)Cn2cnc3c(cnn3C)c2=O)CC1. The third-order valence-electron chi connectivity index (χ3n) is 4.39. The lowest BCUT2D eigenvalue weighted by molar-refractivity contribution is -0.131. The average molecular weight is 303 g/mol. The van der Waals surface area contributed by atoms with Crippen molar-refractivity contribution in [1.82, 2.24) is 24.2 Å². The van der Waals surface area contributed by atoms with E-state index in [4.69, 9.17) is 0 Å². The largest absolute Gasteiger partial charge is 0.341 e. The molecule has 22 heavy (non-hydrogen) atoms. The van der Waals surface area contributed by atoms with Crippen LogP contribution >= 0.6 is 0 Å². The maximum Gasteiger partial charge on any atom is 0.264 e. The van der Waals surface area contributed by atoms with Gasteiger partial charge in [-0.2, -0.15) is 5.10 Å². The quantitative estimate of drug-likeness (QED) is 0.822. The summed E-state index contributed by atoms with van der Waals surface area (Å²) in [6.45, 7) is 3.82. The third-order valence-corrected chi connectivity index (χ3v) is 4.39. The van der Waals surface area contributed by atoms with E-state index in [9.17, 15) is 9.59 Å². The number of likely N-dealkylation sites (tertiary alicyclic amines) is 1. The highest BCUT2D eigenvalue weighted by Gasteiger charge is 2.19. The summed E-state index contributed by atoms with van der Waals surface area (Å²) in [6, 6.07) is 0. The van der Waals surface area contributed by atoms with Gasteiger partial charge in [0.2, 0.25) is 5.91 Å². The molecule has 0 N–H and O–H groups in total. The standard InChI is InChI=1S/C15H21N5O2/c1-11-4-3-6-19(7-5-11)13(21)9-20-10-16-14-12(15(20)22)8-17-18(14)2/h8,10-11H,3-7,9H2,1-2H3. The molecule has 1 aliphatic heterocycles. The van der Waals surface area contributed by atoms with E-state index in [1.807, 2.05) is 4.90 Å². The number of rotatable bonds is 2. The fourth-order valence-corrected chi connectivity index (χ4v) is 2.94. The molecule has 1 unspecified atom stereocenters. The number of aromatic nitrogens is 4. The Morgan fingerprint density at radius 1 is 1.36 bits per heavy atom. The zero-order valence-electron chi connectivity index (χ0n) is 13.0. The van der Waals surface area contributed by atoms with E-state index < -0.39 is 0 Å². The highest BCUT2D eigenvalue weighted by atomic mass is 16.2. The zero-order chi connectivity index (χ0) is 15.7. The van der Waals surface area contributed by atoms with Crippen LogP contribution in [0.2, 0.25) is 0 Å². The van der Waals surface area contributed by atoms with Crippen LogP contribution in [0.25, 0.3) is 11.0 Å². The predicted molar refractivity (Wildman–Crippen MR) is 82.4 cm³/mol. The second-order valence-corrected chi connectivity index (χ2v) is 6.10. The average Bonchev–Trinajstić information content (AvgIpc) is 2.73. The summed E-state index contributed by atoms with van der Waals surface area (Å²) >= 11 is 0. The Kier molecular flexibility index (Phi) is 3.96. The number of nitrogens with zero attached hydrogens (tertiary/aromatic N) is 5. The van der Waals surface area contributed by atoms with Crippen LogP contribution in [-0.2, 0) is 18.4 Å². The Balaban J connectivity index is 1.79. The van der Waals surface area contributed by atoms with Crippen molar-refractivity contribution >= 4 is 16.9 Å². The molecule has 0 aliphatic carbocycles. The van der Waals surface area contributed by atoms with Crippen LogP contribution in [0.5, 0.6) is 0 Å². The highest BCUT2D eigenvalue weighted by molar-refractivity contribution is 5.77. The Morgan fingerprint density at radius 3 is 3.00 bits per heavy atom. The molecule has 1 saturated heterocycles. The number of hydrogen-bond donors (Lipinski definition) is 0. The second kappa shape index (κ2) is 5.90. The van der Waals surface area contributed by atoms with Crippen LogP contribution in [0, 0.1) is 5.92 Å². The molecule has 0 bridgehead atoms. The molecule has 3 heterocycles. The van der Waals surface area contributed by atoms with Crippen molar-refractivity contribution in [3.63, 3.8) is 0 Å². The lowest BCUT2D eigenvalue weighted by Gasteiger charge is -2.20. The minimum atomic E-state index is -0.213. The topological polar surface area (TPSA) is 73.0 Å². The Bertz CT molecular complexity index is 748. The summed E-state index contributed by atoms with van der Waals surface area (Å²) in [5, 5.41) is 4.48. The molecule has 1 amide bonds. The lowest BCUT2D eigenvalue weighted by Crippen LogP contribution is -2.37. The Labute approximate surface area is 128 Å². The van der Waals surface area contributed by atoms with E-state index in [1.54, 1.807) is 11.7 Å². The van der Waals surface area contributed by atoms with Gasteiger partial charge in [0.15, 0.2) is 5.65 Å². The first-order chi connectivity index (χ1) is 10.6. The summed E-state index contributed by atoms with van der Waals surface area (Å²) in [7, 11) is 1.74. The lowest BCUT2D eigenvalue weighted by atomic mass is 10.0. The van der Waals surface area contributed by atoms with Crippen molar-refractivity contribution in [3.8, 4) is 0 Å². The van der Waals surface area contributed by atoms with Crippen molar-refractivity contribution < 1.29 is 4.79 Å². The van der Waals surface area contributed by atoms with Crippen molar-refractivity contribution in [2.45, 2.75) is 32.7 Å². The molecule has 1 aliphatic rings. The Hall–Kier alpha value is -2.18. The molecule has 2 aromatic rings. The molecule has 0 saturated carbocycles. The van der Waals surface area contributed by atoms with Crippen LogP contribution in [0.15, 0.2) is 17.3 Å². The van der Waals surface area contributed by atoms with Crippen molar-refractivity contribution in [2.75, 3.05) is 13.1 Å². The first-order valence-corrected chi connectivity index (χ1v) is 7.71. The number of aryl methyl sites for hydroxylation is 1. The van der Waals surface area contributed by atoms with Gasteiger partial charge in [0.05, 0.1) is 6.20 Å². The summed E-state index contributed by atoms with van der Waals surface area (Å²) in [5.41, 5.74) is 0.326. The number of carbonyl (C=O) groups excluding carboxylic acids is 1. The van der Waals surface area contributed by atoms with E-state index in [0.717, 1.165) is 32.4 Å². The molecule has 0 spiro atoms. The number of fused-ring (bicyclic) bond motifs is 1. The fraction of sp³-hybridized carbons (Fsp3) is 0.600. The normalized spacial score (nSPS) is 19.4. The molecule has 1 atom stereocenters. The van der Waals surface area contributed by atoms with Crippen LogP contribution < -0.4 is 5.56 Å². The molecular formula is C15H21N5O2. The van der Waals surface area contributed by atoms with E-state index in [-0.39, 0.29) is 18.0 Å². The molecule has 118 valence electrons. The fourth-order valence-electron chi connectivity index (χ4n) is 2.94. The van der Waals surface area contributed by atoms with Gasteiger partial charge in [0.1, 0.15) is 18.3 Å². The van der Waals surface area contributed by atoms with Gasteiger partial charge in [-0.05, 0) is 25.2 Å². The van der Waals surface area contributed by atoms with Gasteiger partial charge in [-0.25, -0.2) is 4.98 Å². The molecule has 1 fully saturated rings. The van der Waals surface area contributed by atoms with Crippen molar-refractivity contribution in [3.05, 3.63) is 22.9 Å². The third kappa shape index (κ3) is 2.75. The first kappa shape index (κ1) is 14.7. The van der Waals surface area contributed by atoms with Gasteiger partial charge < -0.3 is 4.90 Å². The number of amides is 1. The summed E-state index contributed by atoms with van der Waals surface area (Å²) in [6.07, 6.45) is 6.15. The maximum absolute atomic E-state index is 12.4. The second-order valence-electron chi connectivity index (χ2n) is 6.10. The predicted octanol–water partition coefficient (Wildman–Crippen LogP) is 0.779. The van der Waals surface area contributed by atoms with E-state index >= 15 is 0 Å². The van der Waals surface area contributed by atoms with Crippen molar-refractivity contribution in [2.24, 2.45) is 13.0 Å². The first-order valence-electron chi connectivity index (χ1n) is 7.71. The Morgan fingerprint density at radius 2 is 2.18 bits per heavy atom. The van der Waals surface area contributed by atoms with Crippen LogP contribution in [0.3, 0.4) is 0 Å². The van der Waals surface area contributed by atoms with Gasteiger partial charge in [-0.1, -0.05) is 6.92 Å². The minimum Gasteiger partial charge on any atom is -0.341 e. The van der Waals surface area contributed by atoms with Gasteiger partial charge >= 0.3 is 0 Å². The number of hydrogen-bond acceptors (Lipinski definition) is 4. The smallest absolute Gasteiger partial charge is 0.264 e. The van der Waals surface area contributed by atoms with Gasteiger partial charge in [0, 0.05) is 20.1 Å².